The molecule has 0 unspecified atom stereocenters. The number of aromatic amines is 4. The summed E-state index contributed by atoms with van der Waals surface area (Å²) in [6, 6.07) is 7.38. The lowest BCUT2D eigenvalue weighted by molar-refractivity contribution is 0.414. The third-order valence-corrected chi connectivity index (χ3v) is 4.03. The van der Waals surface area contributed by atoms with Crippen LogP contribution >= 0.6 is 0 Å². The zero-order chi connectivity index (χ0) is 16.6. The second-order valence-corrected chi connectivity index (χ2v) is 5.45. The molecule has 4 N–H and O–H groups in total. The van der Waals surface area contributed by atoms with Crippen LogP contribution in [0.4, 0.5) is 0 Å². The molecule has 7 heteroatoms. The van der Waals surface area contributed by atoms with Gasteiger partial charge in [0.05, 0.1) is 18.2 Å². The third-order valence-electron chi connectivity index (χ3n) is 4.03. The number of H-pyrrole nitrogens is 4. The molecule has 120 valence electrons. The Bertz CT molecular complexity index is 890. The maximum absolute atomic E-state index is 12.3. The van der Waals surface area contributed by atoms with Crippen LogP contribution in [0.5, 0.6) is 5.75 Å². The van der Waals surface area contributed by atoms with E-state index in [4.69, 9.17) is 4.74 Å². The van der Waals surface area contributed by atoms with Crippen molar-refractivity contribution in [2.45, 2.75) is 19.8 Å². The molecule has 0 amide bonds. The van der Waals surface area contributed by atoms with E-state index in [-0.39, 0.29) is 11.1 Å². The van der Waals surface area contributed by atoms with Crippen LogP contribution in [0.25, 0.3) is 0 Å². The van der Waals surface area contributed by atoms with Crippen molar-refractivity contribution < 1.29 is 4.74 Å². The summed E-state index contributed by atoms with van der Waals surface area (Å²) in [5.41, 5.74) is 2.76. The van der Waals surface area contributed by atoms with Crippen LogP contribution in [-0.4, -0.2) is 27.5 Å². The standard InChI is InChI=1S/C16H18N4O3/c1-8-12(15(21)19-17-8)14(13-9(2)18-20-16(13)22)10-5-4-6-11(7-10)23-3/h4-7,14H,1-3H3,(H2,17,19,21)(H2,18,20,22). The zero-order valence-corrected chi connectivity index (χ0v) is 13.1. The minimum absolute atomic E-state index is 0.240. The van der Waals surface area contributed by atoms with Gasteiger partial charge in [0.1, 0.15) is 5.75 Å². The Morgan fingerprint density at radius 3 is 1.91 bits per heavy atom. The number of aryl methyl sites for hydroxylation is 2. The highest BCUT2D eigenvalue weighted by Crippen LogP contribution is 2.32. The number of ether oxygens (including phenoxy) is 1. The second kappa shape index (κ2) is 5.68. The number of aromatic nitrogens is 4. The van der Waals surface area contributed by atoms with E-state index in [1.165, 1.54) is 0 Å². The molecule has 0 aliphatic heterocycles. The first-order chi connectivity index (χ1) is 11.0. The first-order valence-corrected chi connectivity index (χ1v) is 7.21. The summed E-state index contributed by atoms with van der Waals surface area (Å²) in [6.07, 6.45) is 0. The predicted octanol–water partition coefficient (Wildman–Crippen LogP) is 1.53. The van der Waals surface area contributed by atoms with Gasteiger partial charge in [0.2, 0.25) is 0 Å². The monoisotopic (exact) mass is 314 g/mol. The number of hydrogen-bond acceptors (Lipinski definition) is 3. The fourth-order valence-corrected chi connectivity index (χ4v) is 2.90. The van der Waals surface area contributed by atoms with Crippen molar-refractivity contribution in [3.63, 3.8) is 0 Å². The van der Waals surface area contributed by atoms with Gasteiger partial charge in [-0.25, -0.2) is 0 Å². The Hall–Kier alpha value is -2.96. The quantitative estimate of drug-likeness (QED) is 0.586. The molecule has 23 heavy (non-hydrogen) atoms. The minimum atomic E-state index is -0.491. The van der Waals surface area contributed by atoms with Crippen LogP contribution in [0, 0.1) is 13.8 Å². The van der Waals surface area contributed by atoms with Crippen molar-refractivity contribution in [3.8, 4) is 5.75 Å². The molecule has 3 rings (SSSR count). The van der Waals surface area contributed by atoms with Gasteiger partial charge < -0.3 is 14.9 Å². The lowest BCUT2D eigenvalue weighted by atomic mass is 9.85. The number of benzene rings is 1. The largest absolute Gasteiger partial charge is 0.497 e. The molecule has 0 spiro atoms. The van der Waals surface area contributed by atoms with E-state index in [1.807, 2.05) is 24.3 Å². The third kappa shape index (κ3) is 2.50. The van der Waals surface area contributed by atoms with E-state index in [0.717, 1.165) is 5.56 Å². The Morgan fingerprint density at radius 1 is 0.913 bits per heavy atom. The molecule has 0 aliphatic carbocycles. The number of nitrogens with one attached hydrogen (secondary N) is 4. The first-order valence-electron chi connectivity index (χ1n) is 7.21. The summed E-state index contributed by atoms with van der Waals surface area (Å²) in [4.78, 5) is 24.6. The molecule has 0 bridgehead atoms. The van der Waals surface area contributed by atoms with Crippen molar-refractivity contribution in [1.82, 2.24) is 20.4 Å². The minimum Gasteiger partial charge on any atom is -0.497 e. The van der Waals surface area contributed by atoms with Crippen LogP contribution < -0.4 is 15.9 Å². The maximum Gasteiger partial charge on any atom is 0.268 e. The van der Waals surface area contributed by atoms with Gasteiger partial charge in [-0.15, -0.1) is 0 Å². The fraction of sp³-hybridized carbons (Fsp3) is 0.250. The zero-order valence-electron chi connectivity index (χ0n) is 13.1. The van der Waals surface area contributed by atoms with Gasteiger partial charge in [0, 0.05) is 17.3 Å². The molecule has 0 fully saturated rings. The van der Waals surface area contributed by atoms with Gasteiger partial charge in [0.15, 0.2) is 0 Å². The average molecular weight is 314 g/mol. The van der Waals surface area contributed by atoms with E-state index in [1.54, 1.807) is 21.0 Å². The van der Waals surface area contributed by atoms with Crippen molar-refractivity contribution in [2.75, 3.05) is 7.11 Å². The summed E-state index contributed by atoms with van der Waals surface area (Å²) in [5, 5.41) is 10.8. The van der Waals surface area contributed by atoms with Gasteiger partial charge in [-0.3, -0.25) is 19.8 Å². The van der Waals surface area contributed by atoms with Crippen molar-refractivity contribution in [2.24, 2.45) is 0 Å². The summed E-state index contributed by atoms with van der Waals surface area (Å²) < 4.78 is 5.27. The lowest BCUT2D eigenvalue weighted by Gasteiger charge is -2.16. The van der Waals surface area contributed by atoms with Crippen LogP contribution in [0.1, 0.15) is 34.0 Å². The molecule has 7 nitrogen and oxygen atoms in total. The molecule has 0 atom stereocenters. The molecular weight excluding hydrogens is 296 g/mol. The molecule has 0 radical (unpaired) electrons. The predicted molar refractivity (Wildman–Crippen MR) is 86.2 cm³/mol. The van der Waals surface area contributed by atoms with Crippen LogP contribution in [0.3, 0.4) is 0 Å². The van der Waals surface area contributed by atoms with E-state index in [0.29, 0.717) is 28.3 Å². The van der Waals surface area contributed by atoms with Gasteiger partial charge in [-0.2, -0.15) is 0 Å². The van der Waals surface area contributed by atoms with E-state index < -0.39 is 5.92 Å². The van der Waals surface area contributed by atoms with Gasteiger partial charge in [0.25, 0.3) is 11.1 Å². The van der Waals surface area contributed by atoms with Crippen LogP contribution in [-0.2, 0) is 0 Å². The number of methoxy groups -OCH3 is 1. The Balaban J connectivity index is 2.31. The van der Waals surface area contributed by atoms with Crippen molar-refractivity contribution in [1.29, 1.82) is 0 Å². The SMILES string of the molecule is COc1cccc(C(c2c(C)[nH][nH]c2=O)c2c(C)[nH][nH]c2=O)c1. The Labute approximate surface area is 131 Å². The summed E-state index contributed by atoms with van der Waals surface area (Å²) in [5.74, 6) is 0.178. The molecule has 1 aromatic carbocycles. The highest BCUT2D eigenvalue weighted by molar-refractivity contribution is 5.46. The second-order valence-electron chi connectivity index (χ2n) is 5.45. The molecule has 3 aromatic rings. The van der Waals surface area contributed by atoms with E-state index >= 15 is 0 Å². The summed E-state index contributed by atoms with van der Waals surface area (Å²) >= 11 is 0. The first kappa shape index (κ1) is 15.0. The van der Waals surface area contributed by atoms with Crippen molar-refractivity contribution >= 4 is 0 Å². The Kier molecular flexibility index (Phi) is 3.69. The lowest BCUT2D eigenvalue weighted by Crippen LogP contribution is -2.20. The van der Waals surface area contributed by atoms with E-state index in [2.05, 4.69) is 20.4 Å². The smallest absolute Gasteiger partial charge is 0.268 e. The highest BCUT2D eigenvalue weighted by atomic mass is 16.5. The van der Waals surface area contributed by atoms with Crippen LogP contribution in [0.2, 0.25) is 0 Å². The van der Waals surface area contributed by atoms with Crippen molar-refractivity contribution in [3.05, 3.63) is 73.1 Å². The number of hydrogen-bond donors (Lipinski definition) is 4. The maximum atomic E-state index is 12.3. The normalized spacial score (nSPS) is 11.1. The topological polar surface area (TPSA) is 107 Å². The van der Waals surface area contributed by atoms with Gasteiger partial charge >= 0.3 is 0 Å². The fourth-order valence-electron chi connectivity index (χ4n) is 2.90. The molecule has 2 aromatic heterocycles. The van der Waals surface area contributed by atoms with Gasteiger partial charge in [-0.1, -0.05) is 12.1 Å². The van der Waals surface area contributed by atoms with E-state index in [9.17, 15) is 9.59 Å². The van der Waals surface area contributed by atoms with Crippen LogP contribution in [0.15, 0.2) is 33.9 Å². The Morgan fingerprint density at radius 2 is 1.48 bits per heavy atom. The molecule has 0 saturated heterocycles. The molecule has 2 heterocycles. The molecule has 0 saturated carbocycles. The summed E-state index contributed by atoms with van der Waals surface area (Å²) in [6.45, 7) is 3.60. The molecule has 0 aliphatic rings. The molecular formula is C16H18N4O3. The highest BCUT2D eigenvalue weighted by Gasteiger charge is 2.28. The van der Waals surface area contributed by atoms with Gasteiger partial charge in [-0.05, 0) is 31.5 Å². The average Bonchev–Trinajstić information content (AvgIpc) is 3.05. The summed E-state index contributed by atoms with van der Waals surface area (Å²) in [7, 11) is 1.58. The number of rotatable bonds is 4.